The van der Waals surface area contributed by atoms with Crippen molar-refractivity contribution >= 4 is 10.9 Å². The Balaban J connectivity index is 2.03. The van der Waals surface area contributed by atoms with Crippen molar-refractivity contribution in [3.63, 3.8) is 0 Å². The van der Waals surface area contributed by atoms with Gasteiger partial charge >= 0.3 is 0 Å². The van der Waals surface area contributed by atoms with Gasteiger partial charge in [-0.3, -0.25) is 4.90 Å². The minimum atomic E-state index is 0.391. The fraction of sp³-hybridized carbons (Fsp3) is 0.467. The van der Waals surface area contributed by atoms with Crippen molar-refractivity contribution in [3.05, 3.63) is 30.0 Å². The number of para-hydroxylation sites is 1. The summed E-state index contributed by atoms with van der Waals surface area (Å²) in [6.07, 6.45) is 4.83. The monoisotopic (exact) mass is 244 g/mol. The van der Waals surface area contributed by atoms with E-state index >= 15 is 0 Å². The van der Waals surface area contributed by atoms with Gasteiger partial charge in [-0.2, -0.15) is 0 Å². The molecule has 2 heterocycles. The second-order valence-electron chi connectivity index (χ2n) is 5.10. The molecule has 1 aromatic heterocycles. The number of nitrogens with zero attached hydrogens (tertiary/aromatic N) is 2. The van der Waals surface area contributed by atoms with Crippen molar-refractivity contribution in [2.24, 2.45) is 0 Å². The molecule has 0 spiro atoms. The lowest BCUT2D eigenvalue weighted by molar-refractivity contribution is 0.332. The maximum absolute atomic E-state index is 10.0. The summed E-state index contributed by atoms with van der Waals surface area (Å²) < 4.78 is 2.15. The molecule has 0 atom stereocenters. The van der Waals surface area contributed by atoms with Gasteiger partial charge in [0.1, 0.15) is 5.75 Å². The number of benzene rings is 1. The molecule has 3 heteroatoms. The van der Waals surface area contributed by atoms with Crippen LogP contribution in [0.15, 0.2) is 24.4 Å². The number of aryl methyl sites for hydroxylation is 1. The molecule has 3 nitrogen and oxygen atoms in total. The first kappa shape index (κ1) is 11.6. The Hall–Kier alpha value is -1.48. The van der Waals surface area contributed by atoms with E-state index in [4.69, 9.17) is 0 Å². The molecule has 1 N–H and O–H groups in total. The van der Waals surface area contributed by atoms with E-state index in [0.717, 1.165) is 18.6 Å². The van der Waals surface area contributed by atoms with Gasteiger partial charge in [0.2, 0.25) is 0 Å². The summed E-state index contributed by atoms with van der Waals surface area (Å²) in [4.78, 5) is 2.50. The molecule has 0 saturated carbocycles. The summed E-state index contributed by atoms with van der Waals surface area (Å²) in [6.45, 7) is 6.43. The summed E-state index contributed by atoms with van der Waals surface area (Å²) in [6, 6.07) is 5.83. The van der Waals surface area contributed by atoms with Gasteiger partial charge in [0, 0.05) is 24.7 Å². The number of likely N-dealkylation sites (tertiary alicyclic amines) is 1. The van der Waals surface area contributed by atoms with Gasteiger partial charge in [-0.1, -0.05) is 12.1 Å². The van der Waals surface area contributed by atoms with E-state index in [0.29, 0.717) is 5.75 Å². The van der Waals surface area contributed by atoms with Gasteiger partial charge in [-0.05, 0) is 44.5 Å². The first-order valence-corrected chi connectivity index (χ1v) is 6.81. The van der Waals surface area contributed by atoms with E-state index in [2.05, 4.69) is 28.7 Å². The Bertz CT molecular complexity index is 553. The molecular formula is C15H20N2O. The molecule has 1 fully saturated rings. The molecule has 0 unspecified atom stereocenters. The summed E-state index contributed by atoms with van der Waals surface area (Å²) in [5.74, 6) is 0.391. The Kier molecular flexibility index (Phi) is 3.00. The average Bonchev–Trinajstić information content (AvgIpc) is 2.99. The molecule has 0 amide bonds. The van der Waals surface area contributed by atoms with E-state index in [1.807, 2.05) is 6.07 Å². The lowest BCUT2D eigenvalue weighted by Crippen LogP contribution is -2.18. The van der Waals surface area contributed by atoms with Crippen LogP contribution in [0.25, 0.3) is 10.9 Å². The van der Waals surface area contributed by atoms with E-state index in [1.165, 1.54) is 36.9 Å². The largest absolute Gasteiger partial charge is 0.506 e. The fourth-order valence-electron chi connectivity index (χ4n) is 2.97. The van der Waals surface area contributed by atoms with E-state index in [-0.39, 0.29) is 0 Å². The van der Waals surface area contributed by atoms with Crippen LogP contribution in [-0.4, -0.2) is 27.7 Å². The van der Waals surface area contributed by atoms with Crippen LogP contribution >= 0.6 is 0 Å². The van der Waals surface area contributed by atoms with Crippen LogP contribution in [0.2, 0.25) is 0 Å². The number of fused-ring (bicyclic) bond motifs is 1. The van der Waals surface area contributed by atoms with Crippen LogP contribution in [-0.2, 0) is 13.1 Å². The SMILES string of the molecule is CCn1cc(CN2CCCC2)c2cccc(O)c21. The molecule has 3 rings (SSSR count). The van der Waals surface area contributed by atoms with Crippen molar-refractivity contribution in [2.45, 2.75) is 32.9 Å². The molecule has 1 saturated heterocycles. The predicted molar refractivity (Wildman–Crippen MR) is 73.8 cm³/mol. The third-order valence-corrected chi connectivity index (χ3v) is 3.89. The summed E-state index contributed by atoms with van der Waals surface area (Å²) in [5.41, 5.74) is 2.32. The van der Waals surface area contributed by atoms with Crippen LogP contribution in [0.3, 0.4) is 0 Å². The van der Waals surface area contributed by atoms with Crippen molar-refractivity contribution in [1.29, 1.82) is 0 Å². The number of rotatable bonds is 3. The highest BCUT2D eigenvalue weighted by Crippen LogP contribution is 2.30. The summed E-state index contributed by atoms with van der Waals surface area (Å²) >= 11 is 0. The predicted octanol–water partition coefficient (Wildman–Crippen LogP) is 2.96. The highest BCUT2D eigenvalue weighted by Gasteiger charge is 2.16. The fourth-order valence-corrected chi connectivity index (χ4v) is 2.97. The number of hydrogen-bond donors (Lipinski definition) is 1. The minimum Gasteiger partial charge on any atom is -0.506 e. The Morgan fingerprint density at radius 1 is 1.22 bits per heavy atom. The van der Waals surface area contributed by atoms with Crippen LogP contribution in [0.5, 0.6) is 5.75 Å². The number of phenolic OH excluding ortho intramolecular Hbond substituents is 1. The van der Waals surface area contributed by atoms with Gasteiger partial charge in [0.05, 0.1) is 5.52 Å². The third-order valence-electron chi connectivity index (χ3n) is 3.89. The summed E-state index contributed by atoms with van der Waals surface area (Å²) in [7, 11) is 0. The first-order valence-electron chi connectivity index (χ1n) is 6.81. The van der Waals surface area contributed by atoms with Gasteiger partial charge in [-0.25, -0.2) is 0 Å². The zero-order valence-corrected chi connectivity index (χ0v) is 10.9. The van der Waals surface area contributed by atoms with Crippen LogP contribution < -0.4 is 0 Å². The van der Waals surface area contributed by atoms with Crippen molar-refractivity contribution in [3.8, 4) is 5.75 Å². The van der Waals surface area contributed by atoms with E-state index in [1.54, 1.807) is 6.07 Å². The molecule has 1 aliphatic heterocycles. The van der Waals surface area contributed by atoms with E-state index < -0.39 is 0 Å². The van der Waals surface area contributed by atoms with Crippen molar-refractivity contribution in [1.82, 2.24) is 9.47 Å². The molecule has 1 aliphatic rings. The number of aromatic nitrogens is 1. The van der Waals surface area contributed by atoms with Gasteiger partial charge < -0.3 is 9.67 Å². The number of hydrogen-bond acceptors (Lipinski definition) is 2. The zero-order valence-electron chi connectivity index (χ0n) is 10.9. The highest BCUT2D eigenvalue weighted by atomic mass is 16.3. The molecular weight excluding hydrogens is 224 g/mol. The van der Waals surface area contributed by atoms with E-state index in [9.17, 15) is 5.11 Å². The maximum Gasteiger partial charge on any atom is 0.139 e. The van der Waals surface area contributed by atoms with Gasteiger partial charge in [-0.15, -0.1) is 0 Å². The Morgan fingerprint density at radius 3 is 2.72 bits per heavy atom. The minimum absolute atomic E-state index is 0.391. The average molecular weight is 244 g/mol. The lowest BCUT2D eigenvalue weighted by atomic mass is 10.1. The smallest absolute Gasteiger partial charge is 0.139 e. The molecule has 0 bridgehead atoms. The Morgan fingerprint density at radius 2 is 2.00 bits per heavy atom. The van der Waals surface area contributed by atoms with Crippen LogP contribution in [0, 0.1) is 0 Å². The molecule has 0 radical (unpaired) electrons. The second kappa shape index (κ2) is 4.65. The molecule has 96 valence electrons. The second-order valence-corrected chi connectivity index (χ2v) is 5.10. The van der Waals surface area contributed by atoms with Crippen molar-refractivity contribution < 1.29 is 5.11 Å². The first-order chi connectivity index (χ1) is 8.79. The topological polar surface area (TPSA) is 28.4 Å². The quantitative estimate of drug-likeness (QED) is 0.899. The third kappa shape index (κ3) is 1.89. The van der Waals surface area contributed by atoms with Gasteiger partial charge in [0.15, 0.2) is 0 Å². The molecule has 18 heavy (non-hydrogen) atoms. The Labute approximate surface area is 108 Å². The van der Waals surface area contributed by atoms with Crippen molar-refractivity contribution in [2.75, 3.05) is 13.1 Å². The summed E-state index contributed by atoms with van der Waals surface area (Å²) in [5, 5.41) is 11.2. The number of aromatic hydroxyl groups is 1. The number of phenols is 1. The highest BCUT2D eigenvalue weighted by molar-refractivity contribution is 5.88. The standard InChI is InChI=1S/C15H20N2O/c1-2-17-11-12(10-16-8-3-4-9-16)13-6-5-7-14(18)15(13)17/h5-7,11,18H,2-4,8-10H2,1H3. The maximum atomic E-state index is 10.0. The molecule has 1 aromatic carbocycles. The molecule has 0 aliphatic carbocycles. The zero-order chi connectivity index (χ0) is 12.5. The van der Waals surface area contributed by atoms with Gasteiger partial charge in [0.25, 0.3) is 0 Å². The normalized spacial score (nSPS) is 16.7. The van der Waals surface area contributed by atoms with Crippen LogP contribution in [0.1, 0.15) is 25.3 Å². The lowest BCUT2D eigenvalue weighted by Gasteiger charge is -2.13. The molecule has 2 aromatic rings. The van der Waals surface area contributed by atoms with Crippen LogP contribution in [0.4, 0.5) is 0 Å².